The van der Waals surface area contributed by atoms with Gasteiger partial charge in [-0.25, -0.2) is 4.68 Å². The molecule has 1 aliphatic rings. The Bertz CT molecular complexity index is 496. The lowest BCUT2D eigenvalue weighted by atomic mass is 9.78. The lowest BCUT2D eigenvalue weighted by Crippen LogP contribution is -2.52. The number of nitrogens with two attached hydrogens (primary N) is 1. The third-order valence-corrected chi connectivity index (χ3v) is 4.45. The predicted molar refractivity (Wildman–Crippen MR) is 80.4 cm³/mol. The fourth-order valence-electron chi connectivity index (χ4n) is 2.13. The minimum atomic E-state index is -0.115. The van der Waals surface area contributed by atoms with Crippen molar-refractivity contribution in [3.8, 4) is 0 Å². The molecule has 1 aromatic rings. The van der Waals surface area contributed by atoms with Crippen molar-refractivity contribution in [2.24, 2.45) is 5.73 Å². The van der Waals surface area contributed by atoms with Crippen LogP contribution in [0.1, 0.15) is 39.0 Å². The van der Waals surface area contributed by atoms with Crippen LogP contribution in [0.25, 0.3) is 0 Å². The number of rotatable bonds is 6. The number of nitrogens with one attached hydrogen (secondary N) is 1. The predicted octanol–water partition coefficient (Wildman–Crippen LogP) is 2.10. The molecule has 0 aromatic carbocycles. The van der Waals surface area contributed by atoms with E-state index >= 15 is 0 Å². The topological polar surface area (TPSA) is 72.9 Å². The summed E-state index contributed by atoms with van der Waals surface area (Å²) >= 11 is 3.35. The first-order valence-electron chi connectivity index (χ1n) is 6.84. The fraction of sp³-hybridized carbons (Fsp3) is 0.692. The number of aromatic nitrogens is 2. The van der Waals surface area contributed by atoms with Gasteiger partial charge in [0, 0.05) is 18.6 Å². The van der Waals surface area contributed by atoms with Gasteiger partial charge in [0.15, 0.2) is 0 Å². The minimum absolute atomic E-state index is 0.0851. The van der Waals surface area contributed by atoms with Crippen LogP contribution >= 0.6 is 15.9 Å². The Kier molecular flexibility index (Phi) is 4.62. The molecule has 1 aliphatic carbocycles. The average Bonchev–Trinajstić information content (AvgIpc) is 2.37. The molecule has 0 bridgehead atoms. The fourth-order valence-corrected chi connectivity index (χ4v) is 2.58. The van der Waals surface area contributed by atoms with E-state index < -0.39 is 0 Å². The molecule has 5 nitrogen and oxygen atoms in total. The van der Waals surface area contributed by atoms with Gasteiger partial charge >= 0.3 is 0 Å². The van der Waals surface area contributed by atoms with Crippen molar-refractivity contribution in [3.63, 3.8) is 0 Å². The molecule has 2 rings (SSSR count). The van der Waals surface area contributed by atoms with E-state index in [-0.39, 0.29) is 11.1 Å². The van der Waals surface area contributed by atoms with Crippen molar-refractivity contribution in [3.05, 3.63) is 21.0 Å². The van der Waals surface area contributed by atoms with Gasteiger partial charge in [-0.15, -0.1) is 0 Å². The number of halogens is 1. The standard InChI is InChI=1S/C13H21BrN4O/c1-2-3-7-18-12(19)11(14)10(8-17-18)16-9-13(15)5-4-6-13/h8,16H,2-7,9,15H2,1H3. The van der Waals surface area contributed by atoms with E-state index in [2.05, 4.69) is 33.3 Å². The number of hydrogen-bond acceptors (Lipinski definition) is 4. The summed E-state index contributed by atoms with van der Waals surface area (Å²) < 4.78 is 2.04. The van der Waals surface area contributed by atoms with Crippen LogP contribution in [0, 0.1) is 0 Å². The van der Waals surface area contributed by atoms with Crippen molar-refractivity contribution in [1.82, 2.24) is 9.78 Å². The number of nitrogens with zero attached hydrogens (tertiary/aromatic N) is 2. The van der Waals surface area contributed by atoms with Gasteiger partial charge in [0.25, 0.3) is 5.56 Å². The Balaban J connectivity index is 2.05. The summed E-state index contributed by atoms with van der Waals surface area (Å²) in [6.45, 7) is 3.44. The highest BCUT2D eigenvalue weighted by atomic mass is 79.9. The third kappa shape index (κ3) is 3.36. The number of hydrogen-bond donors (Lipinski definition) is 2. The van der Waals surface area contributed by atoms with Crippen LogP contribution in [0.3, 0.4) is 0 Å². The first kappa shape index (κ1) is 14.5. The van der Waals surface area contributed by atoms with Crippen LogP contribution in [0.5, 0.6) is 0 Å². The van der Waals surface area contributed by atoms with E-state index in [0.717, 1.165) is 31.4 Å². The zero-order valence-electron chi connectivity index (χ0n) is 11.3. The van der Waals surface area contributed by atoms with Crippen molar-refractivity contribution >= 4 is 21.6 Å². The van der Waals surface area contributed by atoms with Crippen molar-refractivity contribution in [2.45, 2.75) is 51.1 Å². The molecule has 6 heteroatoms. The molecule has 0 aliphatic heterocycles. The van der Waals surface area contributed by atoms with Crippen molar-refractivity contribution in [2.75, 3.05) is 11.9 Å². The molecule has 3 N–H and O–H groups in total. The van der Waals surface area contributed by atoms with Gasteiger partial charge in [0.05, 0.1) is 11.9 Å². The van der Waals surface area contributed by atoms with Gasteiger partial charge in [-0.2, -0.15) is 5.10 Å². The van der Waals surface area contributed by atoms with Crippen LogP contribution in [-0.2, 0) is 6.54 Å². The highest BCUT2D eigenvalue weighted by Crippen LogP contribution is 2.29. The van der Waals surface area contributed by atoms with Crippen LogP contribution in [-0.4, -0.2) is 21.9 Å². The molecule has 19 heavy (non-hydrogen) atoms. The van der Waals surface area contributed by atoms with Gasteiger partial charge in [-0.3, -0.25) is 4.79 Å². The second kappa shape index (κ2) is 6.05. The third-order valence-electron chi connectivity index (χ3n) is 3.69. The molecule has 1 heterocycles. The zero-order chi connectivity index (χ0) is 13.9. The summed E-state index contributed by atoms with van der Waals surface area (Å²) in [4.78, 5) is 12.1. The molecule has 1 saturated carbocycles. The Labute approximate surface area is 121 Å². The van der Waals surface area contributed by atoms with Crippen LogP contribution in [0.2, 0.25) is 0 Å². The van der Waals surface area contributed by atoms with Gasteiger partial charge in [-0.1, -0.05) is 13.3 Å². The normalized spacial score (nSPS) is 17.0. The molecule has 0 atom stereocenters. The minimum Gasteiger partial charge on any atom is -0.381 e. The summed E-state index contributed by atoms with van der Waals surface area (Å²) in [7, 11) is 0. The monoisotopic (exact) mass is 328 g/mol. The molecular formula is C13H21BrN4O. The van der Waals surface area contributed by atoms with Crippen LogP contribution in [0.4, 0.5) is 5.69 Å². The molecule has 0 spiro atoms. The van der Waals surface area contributed by atoms with E-state index in [0.29, 0.717) is 17.6 Å². The van der Waals surface area contributed by atoms with E-state index in [9.17, 15) is 4.79 Å². The number of aryl methyl sites for hydroxylation is 1. The number of unbranched alkanes of at least 4 members (excludes halogenated alkanes) is 1. The summed E-state index contributed by atoms with van der Waals surface area (Å²) in [6.07, 6.45) is 6.97. The quantitative estimate of drug-likeness (QED) is 0.838. The highest BCUT2D eigenvalue weighted by Gasteiger charge is 2.32. The molecular weight excluding hydrogens is 308 g/mol. The maximum Gasteiger partial charge on any atom is 0.283 e. The van der Waals surface area contributed by atoms with Crippen molar-refractivity contribution in [1.29, 1.82) is 0 Å². The second-order valence-electron chi connectivity index (χ2n) is 5.32. The molecule has 1 fully saturated rings. The van der Waals surface area contributed by atoms with Gasteiger partial charge in [0.1, 0.15) is 4.47 Å². The SMILES string of the molecule is CCCCn1ncc(NCC2(N)CCC2)c(Br)c1=O. The lowest BCUT2D eigenvalue weighted by molar-refractivity contribution is 0.265. The molecule has 0 radical (unpaired) electrons. The maximum atomic E-state index is 12.1. The largest absolute Gasteiger partial charge is 0.381 e. The van der Waals surface area contributed by atoms with Gasteiger partial charge in [0.2, 0.25) is 0 Å². The molecule has 0 unspecified atom stereocenters. The Morgan fingerprint density at radius 2 is 2.32 bits per heavy atom. The molecule has 106 valence electrons. The summed E-state index contributed by atoms with van der Waals surface area (Å²) in [5.74, 6) is 0. The Morgan fingerprint density at radius 1 is 1.58 bits per heavy atom. The van der Waals surface area contributed by atoms with E-state index in [1.165, 1.54) is 11.1 Å². The second-order valence-corrected chi connectivity index (χ2v) is 6.12. The summed E-state index contributed by atoms with van der Waals surface area (Å²) in [5.41, 5.74) is 6.68. The molecule has 1 aromatic heterocycles. The van der Waals surface area contributed by atoms with Crippen molar-refractivity contribution < 1.29 is 0 Å². The summed E-state index contributed by atoms with van der Waals surface area (Å²) in [6, 6.07) is 0. The van der Waals surface area contributed by atoms with E-state index in [4.69, 9.17) is 5.73 Å². The van der Waals surface area contributed by atoms with Crippen LogP contribution < -0.4 is 16.6 Å². The highest BCUT2D eigenvalue weighted by molar-refractivity contribution is 9.10. The van der Waals surface area contributed by atoms with Crippen LogP contribution in [0.15, 0.2) is 15.5 Å². The van der Waals surface area contributed by atoms with Gasteiger partial charge < -0.3 is 11.1 Å². The smallest absolute Gasteiger partial charge is 0.283 e. The molecule has 0 amide bonds. The maximum absolute atomic E-state index is 12.1. The Morgan fingerprint density at radius 3 is 2.89 bits per heavy atom. The number of anilines is 1. The molecule has 0 saturated heterocycles. The van der Waals surface area contributed by atoms with E-state index in [1.54, 1.807) is 6.20 Å². The first-order valence-corrected chi connectivity index (χ1v) is 7.63. The zero-order valence-corrected chi connectivity index (χ0v) is 12.9. The van der Waals surface area contributed by atoms with E-state index in [1.807, 2.05) is 0 Å². The first-order chi connectivity index (χ1) is 9.06. The van der Waals surface area contributed by atoms with Gasteiger partial charge in [-0.05, 0) is 41.6 Å². The summed E-state index contributed by atoms with van der Waals surface area (Å²) in [5, 5.41) is 7.42. The average molecular weight is 329 g/mol. The Hall–Kier alpha value is -0.880. The lowest BCUT2D eigenvalue weighted by Gasteiger charge is -2.38.